The fourth-order valence-corrected chi connectivity index (χ4v) is 3.46. The Hall–Kier alpha value is -0.780. The quantitative estimate of drug-likeness (QED) is 0.905. The van der Waals surface area contributed by atoms with Crippen LogP contribution in [-0.2, 0) is 19.3 Å². The first-order chi connectivity index (χ1) is 9.19. The van der Waals surface area contributed by atoms with Gasteiger partial charge in [-0.1, -0.05) is 13.8 Å². The van der Waals surface area contributed by atoms with Crippen LogP contribution in [0, 0.1) is 0 Å². The highest BCUT2D eigenvalue weighted by atomic mass is 79.9. The summed E-state index contributed by atoms with van der Waals surface area (Å²) in [5.41, 5.74) is 9.21. The Labute approximate surface area is 126 Å². The van der Waals surface area contributed by atoms with Crippen molar-refractivity contribution < 1.29 is 0 Å². The normalized spacial score (nSPS) is 10.9. The predicted octanol–water partition coefficient (Wildman–Crippen LogP) is 3.59. The minimum atomic E-state index is 0.646. The number of aryl methyl sites for hydroxylation is 2. The van der Waals surface area contributed by atoms with Crippen molar-refractivity contribution in [1.29, 1.82) is 0 Å². The van der Waals surface area contributed by atoms with E-state index in [1.807, 2.05) is 6.07 Å². The molecule has 0 saturated carbocycles. The lowest BCUT2D eigenvalue weighted by Gasteiger charge is -2.12. The fourth-order valence-electron chi connectivity index (χ4n) is 2.14. The van der Waals surface area contributed by atoms with Gasteiger partial charge in [-0.2, -0.15) is 0 Å². The zero-order valence-electron chi connectivity index (χ0n) is 11.2. The fraction of sp³-hybridized carbons (Fsp3) is 0.429. The Balaban J connectivity index is 2.52. The molecule has 0 aromatic carbocycles. The molecular weight excluding hydrogens is 322 g/mol. The van der Waals surface area contributed by atoms with Gasteiger partial charge in [0.2, 0.25) is 0 Å². The second kappa shape index (κ2) is 6.59. The molecule has 2 heterocycles. The van der Waals surface area contributed by atoms with Crippen molar-refractivity contribution in [3.63, 3.8) is 0 Å². The van der Waals surface area contributed by atoms with Gasteiger partial charge in [-0.25, -0.2) is 9.97 Å². The maximum absolute atomic E-state index is 5.70. The number of halogens is 1. The molecule has 3 nitrogen and oxygen atoms in total. The van der Waals surface area contributed by atoms with Gasteiger partial charge in [0, 0.05) is 11.4 Å². The number of rotatable bonds is 5. The standard InChI is InChI=1S/C14H18BrN3S/c1-3-10-9(7-8-16)11(4-2)18-14(17-10)12-5-6-13(15)19-12/h5-6H,3-4,7-8,16H2,1-2H3. The molecule has 0 aliphatic rings. The van der Waals surface area contributed by atoms with Crippen molar-refractivity contribution in [3.8, 4) is 10.7 Å². The topological polar surface area (TPSA) is 51.8 Å². The van der Waals surface area contributed by atoms with Gasteiger partial charge < -0.3 is 5.73 Å². The third kappa shape index (κ3) is 3.22. The molecule has 0 saturated heterocycles. The lowest BCUT2D eigenvalue weighted by atomic mass is 10.0. The third-order valence-electron chi connectivity index (χ3n) is 3.04. The molecule has 0 spiro atoms. The van der Waals surface area contributed by atoms with Crippen LogP contribution in [0.4, 0.5) is 0 Å². The molecule has 0 atom stereocenters. The molecule has 19 heavy (non-hydrogen) atoms. The molecule has 0 aliphatic carbocycles. The van der Waals surface area contributed by atoms with E-state index in [0.29, 0.717) is 6.54 Å². The molecule has 2 aromatic heterocycles. The van der Waals surface area contributed by atoms with Crippen LogP contribution in [0.2, 0.25) is 0 Å². The number of nitrogens with two attached hydrogens (primary N) is 1. The van der Waals surface area contributed by atoms with E-state index < -0.39 is 0 Å². The van der Waals surface area contributed by atoms with Gasteiger partial charge in [-0.05, 0) is 59.4 Å². The molecule has 0 fully saturated rings. The van der Waals surface area contributed by atoms with Crippen molar-refractivity contribution in [2.24, 2.45) is 5.73 Å². The number of nitrogens with zero attached hydrogens (tertiary/aromatic N) is 2. The minimum Gasteiger partial charge on any atom is -0.330 e. The Morgan fingerprint density at radius 1 is 1.16 bits per heavy atom. The van der Waals surface area contributed by atoms with Crippen LogP contribution in [0.25, 0.3) is 10.7 Å². The SMILES string of the molecule is CCc1nc(-c2ccc(Br)s2)nc(CC)c1CCN. The largest absolute Gasteiger partial charge is 0.330 e. The van der Waals surface area contributed by atoms with E-state index in [9.17, 15) is 0 Å². The molecule has 102 valence electrons. The summed E-state index contributed by atoms with van der Waals surface area (Å²) in [5, 5.41) is 0. The van der Waals surface area contributed by atoms with Crippen LogP contribution in [0.5, 0.6) is 0 Å². The van der Waals surface area contributed by atoms with E-state index in [0.717, 1.165) is 45.1 Å². The maximum atomic E-state index is 5.70. The molecule has 2 N–H and O–H groups in total. The van der Waals surface area contributed by atoms with Gasteiger partial charge >= 0.3 is 0 Å². The smallest absolute Gasteiger partial charge is 0.169 e. The second-order valence-corrected chi connectivity index (χ2v) is 6.73. The molecule has 2 aromatic rings. The third-order valence-corrected chi connectivity index (χ3v) is 4.66. The van der Waals surface area contributed by atoms with Crippen LogP contribution in [-0.4, -0.2) is 16.5 Å². The molecule has 0 amide bonds. The van der Waals surface area contributed by atoms with Crippen LogP contribution in [0.1, 0.15) is 30.8 Å². The van der Waals surface area contributed by atoms with Crippen LogP contribution in [0.15, 0.2) is 15.9 Å². The van der Waals surface area contributed by atoms with E-state index >= 15 is 0 Å². The molecular formula is C14H18BrN3S. The summed E-state index contributed by atoms with van der Waals surface area (Å²) in [7, 11) is 0. The van der Waals surface area contributed by atoms with Gasteiger partial charge in [-0.3, -0.25) is 0 Å². The van der Waals surface area contributed by atoms with Gasteiger partial charge in [0.15, 0.2) is 5.82 Å². The first kappa shape index (κ1) is 14.6. The highest BCUT2D eigenvalue weighted by molar-refractivity contribution is 9.11. The Morgan fingerprint density at radius 3 is 2.21 bits per heavy atom. The Bertz CT molecular complexity index is 541. The van der Waals surface area contributed by atoms with E-state index in [4.69, 9.17) is 15.7 Å². The molecule has 0 bridgehead atoms. The highest BCUT2D eigenvalue weighted by Crippen LogP contribution is 2.30. The minimum absolute atomic E-state index is 0.646. The predicted molar refractivity (Wildman–Crippen MR) is 84.6 cm³/mol. The van der Waals surface area contributed by atoms with E-state index in [-0.39, 0.29) is 0 Å². The zero-order chi connectivity index (χ0) is 13.8. The summed E-state index contributed by atoms with van der Waals surface area (Å²) < 4.78 is 1.10. The van der Waals surface area contributed by atoms with Gasteiger partial charge in [0.1, 0.15) is 0 Å². The monoisotopic (exact) mass is 339 g/mol. The van der Waals surface area contributed by atoms with Crippen molar-refractivity contribution in [2.45, 2.75) is 33.1 Å². The Morgan fingerprint density at radius 2 is 1.79 bits per heavy atom. The molecule has 2 rings (SSSR count). The van der Waals surface area contributed by atoms with Crippen molar-refractivity contribution in [2.75, 3.05) is 6.54 Å². The highest BCUT2D eigenvalue weighted by Gasteiger charge is 2.13. The average molecular weight is 340 g/mol. The number of hydrogen-bond acceptors (Lipinski definition) is 4. The first-order valence-electron chi connectivity index (χ1n) is 6.54. The summed E-state index contributed by atoms with van der Waals surface area (Å²) in [6.07, 6.45) is 2.70. The number of aromatic nitrogens is 2. The molecule has 0 unspecified atom stereocenters. The van der Waals surface area contributed by atoms with Gasteiger partial charge in [-0.15, -0.1) is 11.3 Å². The van der Waals surface area contributed by atoms with Gasteiger partial charge in [0.25, 0.3) is 0 Å². The summed E-state index contributed by atoms with van der Waals surface area (Å²) in [4.78, 5) is 10.6. The zero-order valence-corrected chi connectivity index (χ0v) is 13.6. The van der Waals surface area contributed by atoms with E-state index in [1.54, 1.807) is 11.3 Å². The van der Waals surface area contributed by atoms with Crippen LogP contribution >= 0.6 is 27.3 Å². The molecule has 0 radical (unpaired) electrons. The molecule has 0 aliphatic heterocycles. The summed E-state index contributed by atoms with van der Waals surface area (Å²) in [5.74, 6) is 0.838. The van der Waals surface area contributed by atoms with Crippen LogP contribution < -0.4 is 5.73 Å². The van der Waals surface area contributed by atoms with Gasteiger partial charge in [0.05, 0.1) is 8.66 Å². The first-order valence-corrected chi connectivity index (χ1v) is 8.14. The molecule has 5 heteroatoms. The van der Waals surface area contributed by atoms with Crippen molar-refractivity contribution >= 4 is 27.3 Å². The number of hydrogen-bond donors (Lipinski definition) is 1. The lowest BCUT2D eigenvalue weighted by molar-refractivity contribution is 0.845. The summed E-state index contributed by atoms with van der Waals surface area (Å²) in [6, 6.07) is 4.10. The Kier molecular flexibility index (Phi) is 5.07. The number of thiophene rings is 1. The van der Waals surface area contributed by atoms with E-state index in [2.05, 4.69) is 35.8 Å². The van der Waals surface area contributed by atoms with E-state index in [1.165, 1.54) is 5.56 Å². The van der Waals surface area contributed by atoms with Crippen molar-refractivity contribution in [1.82, 2.24) is 9.97 Å². The van der Waals surface area contributed by atoms with Crippen molar-refractivity contribution in [3.05, 3.63) is 32.9 Å². The van der Waals surface area contributed by atoms with Crippen LogP contribution in [0.3, 0.4) is 0 Å². The lowest BCUT2D eigenvalue weighted by Crippen LogP contribution is -2.12. The second-order valence-electron chi connectivity index (χ2n) is 4.27. The maximum Gasteiger partial charge on any atom is 0.169 e. The summed E-state index contributed by atoms with van der Waals surface area (Å²) >= 11 is 5.15. The summed E-state index contributed by atoms with van der Waals surface area (Å²) in [6.45, 7) is 4.92. The average Bonchev–Trinajstić information content (AvgIpc) is 2.85.